The molecule has 0 atom stereocenters. The van der Waals surface area contributed by atoms with Crippen molar-refractivity contribution in [2.24, 2.45) is 0 Å². The van der Waals surface area contributed by atoms with Gasteiger partial charge in [0.15, 0.2) is 5.58 Å². The first kappa shape index (κ1) is 12.5. The molecule has 1 aromatic carbocycles. The van der Waals surface area contributed by atoms with Gasteiger partial charge in [-0.25, -0.2) is 4.79 Å². The van der Waals surface area contributed by atoms with Crippen LogP contribution in [0.25, 0.3) is 11.1 Å². The Balaban J connectivity index is 1.90. The molecule has 0 amide bonds. The molecule has 1 aliphatic rings. The summed E-state index contributed by atoms with van der Waals surface area (Å²) in [7, 11) is -0.418. The molecule has 1 saturated heterocycles. The Bertz CT molecular complexity index is 626. The number of aromatic nitrogens is 1. The summed E-state index contributed by atoms with van der Waals surface area (Å²) in [6.45, 7) is 3.38. The molecule has 2 heterocycles. The largest absolute Gasteiger partial charge is 0.437 e. The van der Waals surface area contributed by atoms with E-state index in [0.717, 1.165) is 31.4 Å². The molecule has 1 aliphatic heterocycles. The molecular formula is C13H17BN2O3. The quantitative estimate of drug-likeness (QED) is 0.828. The molecule has 0 radical (unpaired) electrons. The third kappa shape index (κ3) is 2.22. The summed E-state index contributed by atoms with van der Waals surface area (Å²) >= 11 is 0. The molecule has 0 aliphatic carbocycles. The van der Waals surface area contributed by atoms with Gasteiger partial charge in [0, 0.05) is 6.04 Å². The normalized spacial score (nSPS) is 18.0. The Morgan fingerprint density at radius 2 is 2.00 bits per heavy atom. The highest BCUT2D eigenvalue weighted by Crippen LogP contribution is 2.25. The molecule has 0 saturated carbocycles. The average Bonchev–Trinajstić information content (AvgIpc) is 2.74. The summed E-state index contributed by atoms with van der Waals surface area (Å²) in [5.41, 5.74) is 1.51. The highest BCUT2D eigenvalue weighted by molar-refractivity contribution is 6.45. The van der Waals surface area contributed by atoms with Crippen molar-refractivity contribution in [1.29, 1.82) is 0 Å². The van der Waals surface area contributed by atoms with Gasteiger partial charge in [-0.3, -0.25) is 4.57 Å². The van der Waals surface area contributed by atoms with Crippen LogP contribution in [-0.2, 0) is 0 Å². The van der Waals surface area contributed by atoms with Gasteiger partial charge >= 0.3 is 12.8 Å². The Morgan fingerprint density at radius 1 is 1.32 bits per heavy atom. The Morgan fingerprint density at radius 3 is 2.68 bits per heavy atom. The van der Waals surface area contributed by atoms with E-state index in [4.69, 9.17) is 4.42 Å². The summed E-state index contributed by atoms with van der Waals surface area (Å²) in [6.07, 6.45) is 1.71. The average molecular weight is 260 g/mol. The lowest BCUT2D eigenvalue weighted by molar-refractivity contribution is 0.247. The lowest BCUT2D eigenvalue weighted by Crippen LogP contribution is -2.44. The van der Waals surface area contributed by atoms with Crippen LogP contribution in [0.15, 0.2) is 33.5 Å². The summed E-state index contributed by atoms with van der Waals surface area (Å²) in [5, 5.41) is 9.56. The van der Waals surface area contributed by atoms with E-state index in [1.54, 1.807) is 11.4 Å². The number of oxazole rings is 1. The molecule has 0 bridgehead atoms. The Hall–Kier alpha value is -1.53. The minimum atomic E-state index is -0.418. The van der Waals surface area contributed by atoms with Gasteiger partial charge in [-0.1, -0.05) is 12.1 Å². The molecule has 6 heteroatoms. The maximum Gasteiger partial charge on any atom is 0.420 e. The first-order valence-electron chi connectivity index (χ1n) is 6.69. The number of rotatable bonds is 2. The fraction of sp³-hybridized carbons (Fsp3) is 0.462. The molecular weight excluding hydrogens is 243 g/mol. The van der Waals surface area contributed by atoms with E-state index in [1.165, 1.54) is 0 Å². The second-order valence-electron chi connectivity index (χ2n) is 5.10. The monoisotopic (exact) mass is 260 g/mol. The van der Waals surface area contributed by atoms with Crippen molar-refractivity contribution in [2.75, 3.05) is 13.1 Å². The second-order valence-corrected chi connectivity index (χ2v) is 5.10. The highest BCUT2D eigenvalue weighted by Gasteiger charge is 2.27. The molecule has 5 nitrogen and oxygen atoms in total. The third-order valence-electron chi connectivity index (χ3n) is 3.91. The molecule has 100 valence electrons. The van der Waals surface area contributed by atoms with E-state index in [2.05, 4.69) is 0 Å². The van der Waals surface area contributed by atoms with E-state index in [0.29, 0.717) is 5.58 Å². The van der Waals surface area contributed by atoms with Crippen molar-refractivity contribution in [3.63, 3.8) is 0 Å². The van der Waals surface area contributed by atoms with Crippen molar-refractivity contribution < 1.29 is 9.44 Å². The van der Waals surface area contributed by atoms with E-state index in [1.807, 2.05) is 29.1 Å². The molecule has 0 unspecified atom stereocenters. The number of para-hydroxylation sites is 2. The predicted molar refractivity (Wildman–Crippen MR) is 74.2 cm³/mol. The number of nitrogens with zero attached hydrogens (tertiary/aromatic N) is 2. The molecule has 1 fully saturated rings. The van der Waals surface area contributed by atoms with Crippen LogP contribution in [0.5, 0.6) is 0 Å². The zero-order valence-corrected chi connectivity index (χ0v) is 11.0. The number of fused-ring (bicyclic) bond motifs is 1. The van der Waals surface area contributed by atoms with Crippen molar-refractivity contribution in [3.05, 3.63) is 34.8 Å². The smallest absolute Gasteiger partial charge is 0.420 e. The van der Waals surface area contributed by atoms with Crippen LogP contribution in [-0.4, -0.2) is 34.5 Å². The molecule has 2 aromatic rings. The van der Waals surface area contributed by atoms with Gasteiger partial charge in [0.2, 0.25) is 0 Å². The van der Waals surface area contributed by atoms with Crippen LogP contribution in [0.2, 0.25) is 6.82 Å². The first-order chi connectivity index (χ1) is 9.16. The van der Waals surface area contributed by atoms with Gasteiger partial charge in [0.05, 0.1) is 5.52 Å². The zero-order chi connectivity index (χ0) is 13.4. The number of hydrogen-bond acceptors (Lipinski definition) is 4. The first-order valence-corrected chi connectivity index (χ1v) is 6.69. The Labute approximate surface area is 111 Å². The van der Waals surface area contributed by atoms with Gasteiger partial charge in [0.1, 0.15) is 0 Å². The molecule has 1 aromatic heterocycles. The molecule has 3 rings (SSSR count). The van der Waals surface area contributed by atoms with Crippen molar-refractivity contribution in [2.45, 2.75) is 25.7 Å². The van der Waals surface area contributed by atoms with E-state index >= 15 is 0 Å². The minimum Gasteiger partial charge on any atom is -0.437 e. The zero-order valence-electron chi connectivity index (χ0n) is 11.0. The van der Waals surface area contributed by atoms with Gasteiger partial charge < -0.3 is 14.3 Å². The summed E-state index contributed by atoms with van der Waals surface area (Å²) in [6, 6.07) is 7.68. The second kappa shape index (κ2) is 4.87. The van der Waals surface area contributed by atoms with Crippen molar-refractivity contribution in [3.8, 4) is 0 Å². The van der Waals surface area contributed by atoms with Crippen molar-refractivity contribution >= 4 is 18.2 Å². The molecule has 1 N–H and O–H groups in total. The SMILES string of the molecule is CB(O)N1CCC(n2c(=O)oc3ccccc32)CC1. The Kier molecular flexibility index (Phi) is 3.20. The standard InChI is InChI=1S/C13H17BN2O3/c1-14(18)15-8-6-10(7-9-15)16-11-4-2-3-5-12(11)19-13(16)17/h2-5,10,18H,6-9H2,1H3. The van der Waals surface area contributed by atoms with Crippen LogP contribution in [0.4, 0.5) is 0 Å². The topological polar surface area (TPSA) is 58.6 Å². The molecule has 19 heavy (non-hydrogen) atoms. The van der Waals surface area contributed by atoms with Gasteiger partial charge in [0.25, 0.3) is 0 Å². The van der Waals surface area contributed by atoms with Crippen LogP contribution >= 0.6 is 0 Å². The van der Waals surface area contributed by atoms with Gasteiger partial charge in [-0.15, -0.1) is 0 Å². The van der Waals surface area contributed by atoms with Crippen LogP contribution in [0.3, 0.4) is 0 Å². The van der Waals surface area contributed by atoms with Crippen LogP contribution in [0.1, 0.15) is 18.9 Å². The van der Waals surface area contributed by atoms with E-state index in [-0.39, 0.29) is 11.8 Å². The third-order valence-corrected chi connectivity index (χ3v) is 3.91. The minimum absolute atomic E-state index is 0.158. The van der Waals surface area contributed by atoms with Crippen LogP contribution < -0.4 is 5.76 Å². The van der Waals surface area contributed by atoms with Gasteiger partial charge in [-0.05, 0) is 44.9 Å². The summed E-state index contributed by atoms with van der Waals surface area (Å²) < 4.78 is 7.03. The lowest BCUT2D eigenvalue weighted by atomic mass is 9.82. The summed E-state index contributed by atoms with van der Waals surface area (Å²) in [5.74, 6) is -0.281. The fourth-order valence-corrected chi connectivity index (χ4v) is 2.85. The predicted octanol–water partition coefficient (Wildman–Crippen LogP) is 1.34. The highest BCUT2D eigenvalue weighted by atomic mass is 16.4. The maximum absolute atomic E-state index is 12.0. The number of hydrogen-bond donors (Lipinski definition) is 1. The van der Waals surface area contributed by atoms with E-state index < -0.39 is 7.05 Å². The summed E-state index contributed by atoms with van der Waals surface area (Å²) in [4.78, 5) is 14.0. The van der Waals surface area contributed by atoms with Crippen molar-refractivity contribution in [1.82, 2.24) is 9.38 Å². The lowest BCUT2D eigenvalue weighted by Gasteiger charge is -2.32. The van der Waals surface area contributed by atoms with Crippen LogP contribution in [0, 0.1) is 0 Å². The van der Waals surface area contributed by atoms with E-state index in [9.17, 15) is 9.82 Å². The number of piperidine rings is 1. The number of benzene rings is 1. The van der Waals surface area contributed by atoms with Gasteiger partial charge in [-0.2, -0.15) is 0 Å². The fourth-order valence-electron chi connectivity index (χ4n) is 2.85. The molecule has 0 spiro atoms. The maximum atomic E-state index is 12.0.